The number of anilines is 1. The van der Waals surface area contributed by atoms with Crippen LogP contribution in [0.3, 0.4) is 0 Å². The minimum Gasteiger partial charge on any atom is -0.398 e. The highest BCUT2D eigenvalue weighted by molar-refractivity contribution is 5.45. The van der Waals surface area contributed by atoms with Gasteiger partial charge < -0.3 is 5.73 Å². The maximum Gasteiger partial charge on any atom is 0.0352 e. The SMILES string of the molecule is CCc1[c]cccc1N. The molecule has 0 bridgehead atoms. The van der Waals surface area contributed by atoms with E-state index < -0.39 is 0 Å². The number of nitrogens with two attached hydrogens (primary N) is 1. The lowest BCUT2D eigenvalue weighted by Gasteiger charge is -1.97. The van der Waals surface area contributed by atoms with Crippen molar-refractivity contribution in [2.75, 3.05) is 5.73 Å². The topological polar surface area (TPSA) is 26.0 Å². The summed E-state index contributed by atoms with van der Waals surface area (Å²) in [5.41, 5.74) is 7.56. The molecular formula is C8H10N. The predicted molar refractivity (Wildman–Crippen MR) is 39.1 cm³/mol. The van der Waals surface area contributed by atoms with Gasteiger partial charge in [-0.2, -0.15) is 0 Å². The van der Waals surface area contributed by atoms with Gasteiger partial charge >= 0.3 is 0 Å². The zero-order valence-electron chi connectivity index (χ0n) is 5.52. The molecule has 1 rings (SSSR count). The van der Waals surface area contributed by atoms with Gasteiger partial charge in [0.25, 0.3) is 0 Å². The van der Waals surface area contributed by atoms with Gasteiger partial charge in [0.15, 0.2) is 0 Å². The van der Waals surface area contributed by atoms with Crippen molar-refractivity contribution in [1.29, 1.82) is 0 Å². The summed E-state index contributed by atoms with van der Waals surface area (Å²) < 4.78 is 0. The quantitative estimate of drug-likeness (QED) is 0.560. The van der Waals surface area contributed by atoms with Gasteiger partial charge in [0, 0.05) is 5.69 Å². The predicted octanol–water partition coefficient (Wildman–Crippen LogP) is 1.63. The Kier molecular flexibility index (Phi) is 1.73. The third-order valence-corrected chi connectivity index (χ3v) is 1.33. The van der Waals surface area contributed by atoms with E-state index in [2.05, 4.69) is 13.0 Å². The number of nitrogen functional groups attached to an aromatic ring is 1. The van der Waals surface area contributed by atoms with Gasteiger partial charge in [-0.3, -0.25) is 0 Å². The molecule has 1 aromatic rings. The summed E-state index contributed by atoms with van der Waals surface area (Å²) in [6.45, 7) is 2.07. The molecule has 1 radical (unpaired) electrons. The molecule has 0 aliphatic heterocycles. The molecule has 0 heterocycles. The summed E-state index contributed by atoms with van der Waals surface area (Å²) in [4.78, 5) is 0. The number of rotatable bonds is 1. The summed E-state index contributed by atoms with van der Waals surface area (Å²) >= 11 is 0. The molecule has 0 spiro atoms. The van der Waals surface area contributed by atoms with E-state index in [0.29, 0.717) is 0 Å². The van der Waals surface area contributed by atoms with Gasteiger partial charge in [-0.25, -0.2) is 0 Å². The third-order valence-electron chi connectivity index (χ3n) is 1.33. The summed E-state index contributed by atoms with van der Waals surface area (Å²) in [5, 5.41) is 0. The van der Waals surface area contributed by atoms with Gasteiger partial charge in [-0.1, -0.05) is 19.1 Å². The minimum atomic E-state index is 0.847. The third kappa shape index (κ3) is 1.22. The Hall–Kier alpha value is -0.980. The Balaban J connectivity index is 3.01. The second kappa shape index (κ2) is 2.53. The Bertz CT molecular complexity index is 194. The van der Waals surface area contributed by atoms with Crippen LogP contribution in [0.2, 0.25) is 0 Å². The second-order valence-corrected chi connectivity index (χ2v) is 1.96. The maximum atomic E-state index is 5.60. The molecule has 1 aromatic carbocycles. The van der Waals surface area contributed by atoms with E-state index in [0.717, 1.165) is 17.7 Å². The summed E-state index contributed by atoms with van der Waals surface area (Å²) in [6, 6.07) is 8.74. The van der Waals surface area contributed by atoms with Crippen molar-refractivity contribution in [2.45, 2.75) is 13.3 Å². The van der Waals surface area contributed by atoms with Crippen molar-refractivity contribution < 1.29 is 0 Å². The van der Waals surface area contributed by atoms with Crippen molar-refractivity contribution >= 4 is 5.69 Å². The minimum absolute atomic E-state index is 0.847. The lowest BCUT2D eigenvalue weighted by molar-refractivity contribution is 1.14. The van der Waals surface area contributed by atoms with Crippen LogP contribution in [0.15, 0.2) is 18.2 Å². The Morgan fingerprint density at radius 1 is 1.67 bits per heavy atom. The standard InChI is InChI=1S/C8H10N/c1-2-7-5-3-4-6-8(7)9/h3-4,6H,2,9H2,1H3. The molecule has 1 heteroatoms. The normalized spacial score (nSPS) is 9.44. The van der Waals surface area contributed by atoms with Crippen molar-refractivity contribution in [3.05, 3.63) is 29.8 Å². The van der Waals surface area contributed by atoms with Crippen LogP contribution < -0.4 is 5.73 Å². The molecule has 0 saturated carbocycles. The zero-order valence-corrected chi connectivity index (χ0v) is 5.52. The van der Waals surface area contributed by atoms with Crippen LogP contribution in [0.4, 0.5) is 5.69 Å². The molecule has 0 unspecified atom stereocenters. The summed E-state index contributed by atoms with van der Waals surface area (Å²) in [5.74, 6) is 0. The molecule has 0 atom stereocenters. The van der Waals surface area contributed by atoms with Gasteiger partial charge in [0.1, 0.15) is 0 Å². The lowest BCUT2D eigenvalue weighted by Crippen LogP contribution is -1.90. The fourth-order valence-electron chi connectivity index (χ4n) is 0.791. The first-order valence-electron chi connectivity index (χ1n) is 3.09. The van der Waals surface area contributed by atoms with Gasteiger partial charge in [-0.05, 0) is 24.1 Å². The number of aryl methyl sites for hydroxylation is 1. The van der Waals surface area contributed by atoms with Crippen molar-refractivity contribution in [3.8, 4) is 0 Å². The largest absolute Gasteiger partial charge is 0.398 e. The lowest BCUT2D eigenvalue weighted by atomic mass is 10.1. The van der Waals surface area contributed by atoms with E-state index in [-0.39, 0.29) is 0 Å². The molecule has 0 saturated heterocycles. The maximum absolute atomic E-state index is 5.60. The number of hydrogen-bond acceptors (Lipinski definition) is 1. The van der Waals surface area contributed by atoms with Crippen LogP contribution in [-0.4, -0.2) is 0 Å². The Labute approximate surface area is 55.5 Å². The first-order valence-corrected chi connectivity index (χ1v) is 3.09. The second-order valence-electron chi connectivity index (χ2n) is 1.96. The van der Waals surface area contributed by atoms with Crippen LogP contribution in [-0.2, 0) is 6.42 Å². The molecule has 9 heavy (non-hydrogen) atoms. The number of hydrogen-bond donors (Lipinski definition) is 1. The molecule has 0 amide bonds. The van der Waals surface area contributed by atoms with Crippen molar-refractivity contribution in [3.63, 3.8) is 0 Å². The molecule has 0 aliphatic carbocycles. The first-order chi connectivity index (χ1) is 4.34. The van der Waals surface area contributed by atoms with Gasteiger partial charge in [-0.15, -0.1) is 0 Å². The van der Waals surface area contributed by atoms with Crippen LogP contribution in [0.25, 0.3) is 0 Å². The van der Waals surface area contributed by atoms with Crippen LogP contribution in [0, 0.1) is 6.07 Å². The summed E-state index contributed by atoms with van der Waals surface area (Å²) in [7, 11) is 0. The highest BCUT2D eigenvalue weighted by Crippen LogP contribution is 2.08. The molecule has 0 aliphatic rings. The molecule has 2 N–H and O–H groups in total. The zero-order chi connectivity index (χ0) is 6.69. The van der Waals surface area contributed by atoms with Crippen molar-refractivity contribution in [1.82, 2.24) is 0 Å². The molecule has 47 valence electrons. The molecular weight excluding hydrogens is 110 g/mol. The van der Waals surface area contributed by atoms with E-state index >= 15 is 0 Å². The van der Waals surface area contributed by atoms with Crippen molar-refractivity contribution in [2.24, 2.45) is 0 Å². The molecule has 0 aromatic heterocycles. The molecule has 0 fully saturated rings. The fourth-order valence-corrected chi connectivity index (χ4v) is 0.791. The average Bonchev–Trinajstić information content (AvgIpc) is 1.89. The van der Waals surface area contributed by atoms with E-state index in [4.69, 9.17) is 5.73 Å². The van der Waals surface area contributed by atoms with Crippen LogP contribution in [0.5, 0.6) is 0 Å². The highest BCUT2D eigenvalue weighted by Gasteiger charge is 1.90. The Morgan fingerprint density at radius 3 is 2.89 bits per heavy atom. The van der Waals surface area contributed by atoms with E-state index in [1.807, 2.05) is 18.2 Å². The van der Waals surface area contributed by atoms with Gasteiger partial charge in [0.2, 0.25) is 0 Å². The van der Waals surface area contributed by atoms with Crippen LogP contribution >= 0.6 is 0 Å². The van der Waals surface area contributed by atoms with Crippen LogP contribution in [0.1, 0.15) is 12.5 Å². The highest BCUT2D eigenvalue weighted by atomic mass is 14.5. The first kappa shape index (κ1) is 6.14. The summed E-state index contributed by atoms with van der Waals surface area (Å²) in [6.07, 6.45) is 0.965. The smallest absolute Gasteiger partial charge is 0.0352 e. The Morgan fingerprint density at radius 2 is 2.44 bits per heavy atom. The van der Waals surface area contributed by atoms with Gasteiger partial charge in [0.05, 0.1) is 0 Å². The average molecular weight is 120 g/mol. The van der Waals surface area contributed by atoms with E-state index in [1.54, 1.807) is 0 Å². The monoisotopic (exact) mass is 120 g/mol. The van der Waals surface area contributed by atoms with E-state index in [9.17, 15) is 0 Å². The fraction of sp³-hybridized carbons (Fsp3) is 0.250. The molecule has 1 nitrogen and oxygen atoms in total. The number of benzene rings is 1. The van der Waals surface area contributed by atoms with E-state index in [1.165, 1.54) is 0 Å².